The monoisotopic (exact) mass is 780 g/mol. The lowest BCUT2D eigenvalue weighted by Gasteiger charge is -2.10. The van der Waals surface area contributed by atoms with E-state index >= 15 is 0 Å². The molecule has 1 amide bonds. The Hall–Kier alpha value is -4.22. The van der Waals surface area contributed by atoms with Gasteiger partial charge in [-0.25, -0.2) is 4.98 Å². The fraction of sp³-hybridized carbons (Fsp3) is 0.188. The van der Waals surface area contributed by atoms with Gasteiger partial charge in [0.25, 0.3) is 23.5 Å². The molecule has 1 heterocycles. The highest BCUT2D eigenvalue weighted by molar-refractivity contribution is 7.93. The molecule has 0 saturated carbocycles. The van der Waals surface area contributed by atoms with Crippen molar-refractivity contribution in [2.24, 2.45) is 0 Å². The van der Waals surface area contributed by atoms with Crippen molar-refractivity contribution in [3.63, 3.8) is 0 Å². The number of anilines is 1. The number of hydrogen-bond acceptors (Lipinski definition) is 12. The summed E-state index contributed by atoms with van der Waals surface area (Å²) in [4.78, 5) is 38.2. The minimum absolute atomic E-state index is 0.0974. The number of rotatable bonds is 14. The predicted molar refractivity (Wildman–Crippen MR) is 195 cm³/mol. The van der Waals surface area contributed by atoms with E-state index in [9.17, 15) is 25.0 Å². The average Bonchev–Trinajstić information content (AvgIpc) is 3.51. The highest BCUT2D eigenvalue weighted by Gasteiger charge is 2.17. The number of nitro groups is 2. The van der Waals surface area contributed by atoms with E-state index in [2.05, 4.69) is 10.3 Å². The van der Waals surface area contributed by atoms with Crippen LogP contribution < -0.4 is 14.8 Å². The van der Waals surface area contributed by atoms with Crippen LogP contribution >= 0.6 is 58.1 Å². The fourth-order valence-electron chi connectivity index (χ4n) is 3.97. The average molecular weight is 782 g/mol. The summed E-state index contributed by atoms with van der Waals surface area (Å²) in [6, 6.07) is 19.2. The molecule has 50 heavy (non-hydrogen) atoms. The summed E-state index contributed by atoms with van der Waals surface area (Å²) in [7, 11) is 0. The zero-order valence-corrected chi connectivity index (χ0v) is 30.1. The lowest BCUT2D eigenvalue weighted by Crippen LogP contribution is -2.12. The summed E-state index contributed by atoms with van der Waals surface area (Å²) in [5, 5.41) is 25.6. The van der Waals surface area contributed by atoms with Gasteiger partial charge >= 0.3 is 0 Å². The molecule has 1 N–H and O–H groups in total. The van der Waals surface area contributed by atoms with Crippen molar-refractivity contribution >= 4 is 85.6 Å². The van der Waals surface area contributed by atoms with Crippen molar-refractivity contribution in [1.82, 2.24) is 4.98 Å². The second-order valence-electron chi connectivity index (χ2n) is 9.64. The maximum absolute atomic E-state index is 12.4. The van der Waals surface area contributed by atoms with Crippen LogP contribution in [-0.2, 0) is 9.47 Å². The molecule has 18 heteroatoms. The third-order valence-corrected chi connectivity index (χ3v) is 9.16. The number of carbonyl (C=O) groups excluding carboxylic acids is 1. The van der Waals surface area contributed by atoms with E-state index < -0.39 is 15.2 Å². The van der Waals surface area contributed by atoms with Crippen LogP contribution in [-0.4, -0.2) is 46.9 Å². The molecule has 0 aliphatic rings. The van der Waals surface area contributed by atoms with Crippen LogP contribution in [0.3, 0.4) is 0 Å². The zero-order valence-electron chi connectivity index (χ0n) is 26.2. The Labute approximate surface area is 308 Å². The van der Waals surface area contributed by atoms with Crippen molar-refractivity contribution < 1.29 is 33.0 Å². The van der Waals surface area contributed by atoms with Crippen LogP contribution in [0, 0.1) is 20.2 Å². The Morgan fingerprint density at radius 3 is 2.14 bits per heavy atom. The molecule has 5 rings (SSSR count). The number of fused-ring (bicyclic) bond motifs is 1. The van der Waals surface area contributed by atoms with Crippen LogP contribution in [0.4, 0.5) is 11.4 Å². The minimum atomic E-state index is -0.596. The number of thiazole rings is 1. The van der Waals surface area contributed by atoms with Crippen molar-refractivity contribution in [2.75, 3.05) is 32.1 Å². The Morgan fingerprint density at radius 2 is 1.50 bits per heavy atom. The summed E-state index contributed by atoms with van der Waals surface area (Å²) < 4.78 is 21.4. The van der Waals surface area contributed by atoms with Crippen molar-refractivity contribution in [3.05, 3.63) is 114 Å². The Kier molecular flexibility index (Phi) is 14.4. The molecule has 5 aromatic rings. The first-order chi connectivity index (χ1) is 24.0. The number of benzene rings is 4. The van der Waals surface area contributed by atoms with Gasteiger partial charge in [0.05, 0.1) is 30.9 Å². The number of nitrogens with zero attached hydrogens (tertiary/aromatic N) is 3. The molecule has 13 nitrogen and oxygen atoms in total. The summed E-state index contributed by atoms with van der Waals surface area (Å²) in [5.41, 5.74) is 1.92. The van der Waals surface area contributed by atoms with Crippen LogP contribution in [0.15, 0.2) is 77.7 Å². The number of ether oxygens (including phenoxy) is 4. The van der Waals surface area contributed by atoms with E-state index in [1.54, 1.807) is 24.3 Å². The smallest absolute Gasteiger partial charge is 0.288 e. The fourth-order valence-corrected chi connectivity index (χ4v) is 6.08. The third kappa shape index (κ3) is 10.9. The second-order valence-corrected chi connectivity index (χ2v) is 12.8. The van der Waals surface area contributed by atoms with Crippen LogP contribution in [0.25, 0.3) is 20.8 Å². The van der Waals surface area contributed by atoms with E-state index in [1.165, 1.54) is 41.7 Å². The number of aromatic nitrogens is 1. The Morgan fingerprint density at radius 1 is 0.840 bits per heavy atom. The topological polar surface area (TPSA) is 165 Å². The molecule has 4 aromatic carbocycles. The quantitative estimate of drug-likeness (QED) is 0.0375. The third-order valence-electron chi connectivity index (χ3n) is 6.33. The van der Waals surface area contributed by atoms with Gasteiger partial charge in [0.15, 0.2) is 13.6 Å². The van der Waals surface area contributed by atoms with Crippen molar-refractivity contribution in [1.29, 1.82) is 0 Å². The summed E-state index contributed by atoms with van der Waals surface area (Å²) in [6.07, 6.45) is 0. The molecule has 0 aliphatic carbocycles. The molecule has 0 bridgehead atoms. The van der Waals surface area contributed by atoms with E-state index in [0.717, 1.165) is 10.2 Å². The number of carbonyl (C=O) groups is 1. The summed E-state index contributed by atoms with van der Waals surface area (Å²) in [6.45, 7) is 5.15. The number of nitrogens with one attached hydrogen (secondary N) is 1. The SMILES string of the molecule is CCOCOc1ccc(NC(=O)c2ccc(Cl)c(S[N+](=O)[O-])c2)c(Cl)c1.CCOCOc1ccc2nc(-c3ccc(Cl)c([N+](=O)[O-])c3)sc2c1. The van der Waals surface area contributed by atoms with Gasteiger partial charge in [0.2, 0.25) is 0 Å². The maximum atomic E-state index is 12.4. The van der Waals surface area contributed by atoms with Crippen LogP contribution in [0.2, 0.25) is 15.1 Å². The van der Waals surface area contributed by atoms with E-state index in [1.807, 2.05) is 32.0 Å². The Balaban J connectivity index is 0.000000225. The van der Waals surface area contributed by atoms with Crippen molar-refractivity contribution in [3.8, 4) is 22.1 Å². The molecule has 0 atom stereocenters. The number of amides is 1. The lowest BCUT2D eigenvalue weighted by molar-refractivity contribution is -0.384. The maximum Gasteiger partial charge on any atom is 0.288 e. The van der Waals surface area contributed by atoms with Gasteiger partial charge in [-0.3, -0.25) is 25.0 Å². The van der Waals surface area contributed by atoms with E-state index in [4.69, 9.17) is 53.8 Å². The molecule has 1 aromatic heterocycles. The minimum Gasteiger partial charge on any atom is -0.468 e. The highest BCUT2D eigenvalue weighted by Crippen LogP contribution is 2.36. The number of hydrogen-bond donors (Lipinski definition) is 1. The van der Waals surface area contributed by atoms with Gasteiger partial charge in [-0.15, -0.1) is 11.3 Å². The molecule has 0 saturated heterocycles. The Bertz CT molecular complexity index is 2000. The molecule has 0 aliphatic heterocycles. The van der Waals surface area contributed by atoms with Crippen molar-refractivity contribution in [2.45, 2.75) is 18.7 Å². The van der Waals surface area contributed by atoms with Crippen LogP contribution in [0.1, 0.15) is 24.2 Å². The number of halogens is 3. The van der Waals surface area contributed by atoms with Gasteiger partial charge in [0, 0.05) is 36.5 Å². The van der Waals surface area contributed by atoms with Gasteiger partial charge in [-0.05, 0) is 74.5 Å². The van der Waals surface area contributed by atoms with Gasteiger partial charge in [-0.2, -0.15) is 0 Å². The van der Waals surface area contributed by atoms with E-state index in [0.29, 0.717) is 52.9 Å². The first-order valence-electron chi connectivity index (χ1n) is 14.5. The first-order valence-corrected chi connectivity index (χ1v) is 17.2. The van der Waals surface area contributed by atoms with Gasteiger partial charge in [0.1, 0.15) is 30.8 Å². The molecule has 0 radical (unpaired) electrons. The molecule has 262 valence electrons. The molecule has 0 spiro atoms. The van der Waals surface area contributed by atoms with Gasteiger partial charge in [-0.1, -0.05) is 34.8 Å². The van der Waals surface area contributed by atoms with Gasteiger partial charge < -0.3 is 24.3 Å². The second kappa shape index (κ2) is 18.7. The molecular formula is C32H27Cl3N4O9S2. The largest absolute Gasteiger partial charge is 0.468 e. The zero-order chi connectivity index (χ0) is 36.2. The summed E-state index contributed by atoms with van der Waals surface area (Å²) in [5.74, 6) is 0.711. The van der Waals surface area contributed by atoms with Crippen LogP contribution in [0.5, 0.6) is 11.5 Å². The summed E-state index contributed by atoms with van der Waals surface area (Å²) >= 11 is 19.7. The standard InChI is InChI=1S/C16H14Cl2N2O5S.C16H13ClN2O4S/c1-2-24-9-25-11-4-6-14(13(18)8-11)19-16(21)10-3-5-12(17)15(7-10)26-20(22)23;1-2-22-9-23-11-4-6-13-15(8-11)24-16(18-13)10-3-5-12(17)14(7-10)19(20)21/h3-8H,2,9H2,1H3,(H,19,21);3-8H,2,9H2,1H3. The first kappa shape index (κ1) is 38.6. The highest BCUT2D eigenvalue weighted by atomic mass is 35.5. The normalized spacial score (nSPS) is 10.7. The lowest BCUT2D eigenvalue weighted by atomic mass is 10.2. The molecular weight excluding hydrogens is 755 g/mol. The van der Waals surface area contributed by atoms with E-state index in [-0.39, 0.29) is 44.8 Å². The number of nitro benzene ring substituents is 1. The molecule has 0 fully saturated rings. The predicted octanol–water partition coefficient (Wildman–Crippen LogP) is 9.80. The molecule has 0 unspecified atom stereocenters.